The van der Waals surface area contributed by atoms with Gasteiger partial charge < -0.3 is 10.3 Å². The summed E-state index contributed by atoms with van der Waals surface area (Å²) in [6.45, 7) is 0.375. The number of amides is 1. The Bertz CT molecular complexity index is 952. The third kappa shape index (κ3) is 2.98. The van der Waals surface area contributed by atoms with Gasteiger partial charge in [-0.1, -0.05) is 18.2 Å². The standard InChI is InChI=1S/C19H18N4O2/c24-18-10-9-13(11-20-18)19(25)21-12-16-15-7-4-8-17(15)23(22-16)14-5-2-1-3-6-14/h1-3,5-6,9-11H,4,7-8,12H2,(H,20,24)(H,21,25). The number of aromatic nitrogens is 3. The lowest BCUT2D eigenvalue weighted by Crippen LogP contribution is -2.24. The van der Waals surface area contributed by atoms with Crippen LogP contribution in [0.3, 0.4) is 0 Å². The normalized spacial score (nSPS) is 12.8. The monoisotopic (exact) mass is 334 g/mol. The van der Waals surface area contributed by atoms with Gasteiger partial charge in [-0.2, -0.15) is 5.10 Å². The third-order valence-electron chi connectivity index (χ3n) is 4.48. The van der Waals surface area contributed by atoms with Crippen molar-refractivity contribution in [2.75, 3.05) is 0 Å². The third-order valence-corrected chi connectivity index (χ3v) is 4.48. The van der Waals surface area contributed by atoms with Gasteiger partial charge in [-0.25, -0.2) is 4.68 Å². The number of hydrogen-bond donors (Lipinski definition) is 2. The summed E-state index contributed by atoms with van der Waals surface area (Å²) in [5.74, 6) is -0.225. The van der Waals surface area contributed by atoms with Gasteiger partial charge in [0.05, 0.1) is 23.5 Å². The van der Waals surface area contributed by atoms with E-state index in [1.54, 1.807) is 0 Å². The summed E-state index contributed by atoms with van der Waals surface area (Å²) in [6, 6.07) is 12.9. The number of nitrogens with one attached hydrogen (secondary N) is 2. The number of aromatic amines is 1. The Hall–Kier alpha value is -3.15. The molecule has 6 heteroatoms. The number of carbonyl (C=O) groups is 1. The van der Waals surface area contributed by atoms with E-state index in [0.29, 0.717) is 12.1 Å². The van der Waals surface area contributed by atoms with E-state index in [-0.39, 0.29) is 11.5 Å². The van der Waals surface area contributed by atoms with Crippen molar-refractivity contribution in [2.45, 2.75) is 25.8 Å². The van der Waals surface area contributed by atoms with Crippen LogP contribution in [0.4, 0.5) is 0 Å². The molecule has 126 valence electrons. The fourth-order valence-electron chi connectivity index (χ4n) is 3.26. The average molecular weight is 334 g/mol. The van der Waals surface area contributed by atoms with Crippen LogP contribution in [0.1, 0.15) is 33.7 Å². The van der Waals surface area contributed by atoms with E-state index in [4.69, 9.17) is 5.10 Å². The first kappa shape index (κ1) is 15.4. The fraction of sp³-hybridized carbons (Fsp3) is 0.211. The predicted octanol–water partition coefficient (Wildman–Crippen LogP) is 1.98. The van der Waals surface area contributed by atoms with E-state index < -0.39 is 0 Å². The minimum atomic E-state index is -0.226. The minimum absolute atomic E-state index is 0.225. The van der Waals surface area contributed by atoms with E-state index >= 15 is 0 Å². The van der Waals surface area contributed by atoms with Crippen LogP contribution in [0, 0.1) is 0 Å². The Morgan fingerprint density at radius 2 is 2.00 bits per heavy atom. The maximum absolute atomic E-state index is 12.2. The molecule has 2 heterocycles. The highest BCUT2D eigenvalue weighted by atomic mass is 16.1. The second-order valence-corrected chi connectivity index (χ2v) is 6.10. The average Bonchev–Trinajstić information content (AvgIpc) is 3.24. The Labute approximate surface area is 144 Å². The van der Waals surface area contributed by atoms with E-state index in [0.717, 1.165) is 30.6 Å². The maximum Gasteiger partial charge on any atom is 0.253 e. The summed E-state index contributed by atoms with van der Waals surface area (Å²) in [4.78, 5) is 25.8. The number of H-pyrrole nitrogens is 1. The lowest BCUT2D eigenvalue weighted by molar-refractivity contribution is 0.0950. The Morgan fingerprint density at radius 3 is 2.76 bits per heavy atom. The second-order valence-electron chi connectivity index (χ2n) is 6.10. The molecule has 0 unspecified atom stereocenters. The fourth-order valence-corrected chi connectivity index (χ4v) is 3.26. The van der Waals surface area contributed by atoms with Gasteiger partial charge in [0, 0.05) is 18.0 Å². The highest BCUT2D eigenvalue weighted by Gasteiger charge is 2.23. The van der Waals surface area contributed by atoms with E-state index in [1.807, 2.05) is 35.0 Å². The zero-order valence-corrected chi connectivity index (χ0v) is 13.7. The lowest BCUT2D eigenvalue weighted by Gasteiger charge is -2.05. The van der Waals surface area contributed by atoms with Crippen molar-refractivity contribution in [1.82, 2.24) is 20.1 Å². The largest absolute Gasteiger partial charge is 0.346 e. The molecule has 0 fully saturated rings. The number of para-hydroxylation sites is 1. The van der Waals surface area contributed by atoms with Crippen molar-refractivity contribution in [3.63, 3.8) is 0 Å². The van der Waals surface area contributed by atoms with Crippen molar-refractivity contribution in [3.05, 3.63) is 81.5 Å². The molecule has 0 atom stereocenters. The van der Waals surface area contributed by atoms with E-state index in [2.05, 4.69) is 10.3 Å². The molecule has 2 N–H and O–H groups in total. The quantitative estimate of drug-likeness (QED) is 0.766. The van der Waals surface area contributed by atoms with Crippen LogP contribution in [0.2, 0.25) is 0 Å². The first-order valence-electron chi connectivity index (χ1n) is 8.34. The van der Waals surface area contributed by atoms with Gasteiger partial charge in [-0.3, -0.25) is 9.59 Å². The zero-order chi connectivity index (χ0) is 17.2. The van der Waals surface area contributed by atoms with Gasteiger partial charge in [-0.15, -0.1) is 0 Å². The molecule has 25 heavy (non-hydrogen) atoms. The molecule has 0 saturated carbocycles. The van der Waals surface area contributed by atoms with Crippen molar-refractivity contribution < 1.29 is 4.79 Å². The Kier molecular flexibility index (Phi) is 3.93. The molecule has 0 bridgehead atoms. The number of nitrogens with zero attached hydrogens (tertiary/aromatic N) is 2. The van der Waals surface area contributed by atoms with Crippen LogP contribution in [-0.2, 0) is 19.4 Å². The molecule has 3 aromatic rings. The highest BCUT2D eigenvalue weighted by Crippen LogP contribution is 2.27. The van der Waals surface area contributed by atoms with Crippen LogP contribution in [-0.4, -0.2) is 20.7 Å². The van der Waals surface area contributed by atoms with Gasteiger partial charge in [0.2, 0.25) is 5.56 Å². The van der Waals surface area contributed by atoms with Gasteiger partial charge in [-0.05, 0) is 43.0 Å². The number of benzene rings is 1. The predicted molar refractivity (Wildman–Crippen MR) is 93.8 cm³/mol. The van der Waals surface area contributed by atoms with Crippen LogP contribution >= 0.6 is 0 Å². The molecule has 6 nitrogen and oxygen atoms in total. The van der Waals surface area contributed by atoms with E-state index in [9.17, 15) is 9.59 Å². The van der Waals surface area contributed by atoms with Gasteiger partial charge in [0.25, 0.3) is 5.91 Å². The summed E-state index contributed by atoms with van der Waals surface area (Å²) in [5.41, 5.74) is 4.63. The SMILES string of the molecule is O=C(NCc1nn(-c2ccccc2)c2c1CCC2)c1ccc(=O)[nH]c1. The summed E-state index contributed by atoms with van der Waals surface area (Å²) in [6.07, 6.45) is 4.53. The molecule has 4 rings (SSSR count). The molecular formula is C19H18N4O2. The Morgan fingerprint density at radius 1 is 1.16 bits per heavy atom. The van der Waals surface area contributed by atoms with Gasteiger partial charge in [0.1, 0.15) is 0 Å². The highest BCUT2D eigenvalue weighted by molar-refractivity contribution is 5.93. The Balaban J connectivity index is 1.56. The van der Waals surface area contributed by atoms with Crippen molar-refractivity contribution in [2.24, 2.45) is 0 Å². The first-order valence-corrected chi connectivity index (χ1v) is 8.34. The molecule has 2 aromatic heterocycles. The van der Waals surface area contributed by atoms with Crippen LogP contribution in [0.25, 0.3) is 5.69 Å². The summed E-state index contributed by atoms with van der Waals surface area (Å²) < 4.78 is 1.99. The van der Waals surface area contributed by atoms with Gasteiger partial charge in [0.15, 0.2) is 0 Å². The van der Waals surface area contributed by atoms with E-state index in [1.165, 1.54) is 29.6 Å². The molecule has 1 aromatic carbocycles. The van der Waals surface area contributed by atoms with Gasteiger partial charge >= 0.3 is 0 Å². The molecule has 0 spiro atoms. The number of hydrogen-bond acceptors (Lipinski definition) is 3. The maximum atomic E-state index is 12.2. The smallest absolute Gasteiger partial charge is 0.253 e. The summed E-state index contributed by atoms with van der Waals surface area (Å²) in [5, 5.41) is 7.62. The van der Waals surface area contributed by atoms with Crippen molar-refractivity contribution in [1.29, 1.82) is 0 Å². The first-order chi connectivity index (χ1) is 12.2. The molecule has 1 aliphatic rings. The summed E-state index contributed by atoms with van der Waals surface area (Å²) in [7, 11) is 0. The van der Waals surface area contributed by atoms with Crippen LogP contribution in [0.5, 0.6) is 0 Å². The molecule has 0 radical (unpaired) electrons. The number of rotatable bonds is 4. The molecule has 1 aliphatic carbocycles. The summed E-state index contributed by atoms with van der Waals surface area (Å²) >= 11 is 0. The second kappa shape index (κ2) is 6.39. The topological polar surface area (TPSA) is 79.8 Å². The number of carbonyl (C=O) groups excluding carboxylic acids is 1. The number of fused-ring (bicyclic) bond motifs is 1. The van der Waals surface area contributed by atoms with Crippen molar-refractivity contribution >= 4 is 5.91 Å². The van der Waals surface area contributed by atoms with Crippen LogP contribution in [0.15, 0.2) is 53.5 Å². The molecular weight excluding hydrogens is 316 g/mol. The molecule has 0 saturated heterocycles. The van der Waals surface area contributed by atoms with Crippen molar-refractivity contribution in [3.8, 4) is 5.69 Å². The lowest BCUT2D eigenvalue weighted by atomic mass is 10.2. The van der Waals surface area contributed by atoms with Crippen LogP contribution < -0.4 is 10.9 Å². The molecule has 1 amide bonds. The number of pyridine rings is 1. The minimum Gasteiger partial charge on any atom is -0.346 e. The molecule has 0 aliphatic heterocycles. The zero-order valence-electron chi connectivity index (χ0n) is 13.7.